The van der Waals surface area contributed by atoms with Gasteiger partial charge < -0.3 is 5.73 Å². The lowest BCUT2D eigenvalue weighted by Crippen LogP contribution is -1.93. The second kappa shape index (κ2) is 2.59. The Morgan fingerprint density at radius 2 is 2.18 bits per heavy atom. The van der Waals surface area contributed by atoms with Crippen LogP contribution in [0.2, 0.25) is 0 Å². The van der Waals surface area contributed by atoms with Crippen LogP contribution in [0.1, 0.15) is 11.1 Å². The summed E-state index contributed by atoms with van der Waals surface area (Å²) in [4.78, 5) is 0. The molecule has 0 radical (unpaired) electrons. The van der Waals surface area contributed by atoms with Crippen LogP contribution in [0.25, 0.3) is 0 Å². The Morgan fingerprint density at radius 3 is 2.73 bits per heavy atom. The van der Waals surface area contributed by atoms with Crippen LogP contribution in [-0.2, 0) is 0 Å². The maximum absolute atomic E-state index is 12.7. The summed E-state index contributed by atoms with van der Waals surface area (Å²) in [6.45, 7) is 1.73. The monoisotopic (exact) mass is 150 g/mol. The largest absolute Gasteiger partial charge is 0.398 e. The zero-order valence-electron chi connectivity index (χ0n) is 6.06. The molecule has 0 unspecified atom stereocenters. The Kier molecular flexibility index (Phi) is 1.77. The molecule has 0 fully saturated rings. The topological polar surface area (TPSA) is 49.8 Å². The number of anilines is 1. The molecule has 0 atom stereocenters. The van der Waals surface area contributed by atoms with Gasteiger partial charge in [0.2, 0.25) is 0 Å². The Morgan fingerprint density at radius 1 is 1.55 bits per heavy atom. The molecule has 2 N–H and O–H groups in total. The molecule has 0 bridgehead atoms. The molecule has 1 rings (SSSR count). The minimum atomic E-state index is -0.560. The van der Waals surface area contributed by atoms with E-state index >= 15 is 0 Å². The molecule has 0 spiro atoms. The summed E-state index contributed by atoms with van der Waals surface area (Å²) in [5, 5.41) is 8.40. The first-order valence-electron chi connectivity index (χ1n) is 3.11. The van der Waals surface area contributed by atoms with Crippen molar-refractivity contribution >= 4 is 5.69 Å². The van der Waals surface area contributed by atoms with Gasteiger partial charge in [0.05, 0.1) is 5.56 Å². The lowest BCUT2D eigenvalue weighted by Gasteiger charge is -1.99. The van der Waals surface area contributed by atoms with Crippen LogP contribution in [0.4, 0.5) is 10.1 Å². The van der Waals surface area contributed by atoms with Crippen LogP contribution in [0.5, 0.6) is 0 Å². The molecular formula is C8H7FN2. The van der Waals surface area contributed by atoms with E-state index in [9.17, 15) is 4.39 Å². The quantitative estimate of drug-likeness (QED) is 0.571. The highest BCUT2D eigenvalue weighted by Crippen LogP contribution is 2.15. The summed E-state index contributed by atoms with van der Waals surface area (Å²) in [7, 11) is 0. The highest BCUT2D eigenvalue weighted by Gasteiger charge is 2.03. The molecule has 0 aliphatic heterocycles. The second-order valence-corrected chi connectivity index (χ2v) is 2.30. The molecule has 0 saturated heterocycles. The highest BCUT2D eigenvalue weighted by atomic mass is 19.1. The standard InChI is InChI=1S/C8H7FN2/c1-5-2-6(4-10)7(9)3-8(5)11/h2-3H,11H2,1H3. The number of nitrogen functional groups attached to an aromatic ring is 1. The summed E-state index contributed by atoms with van der Waals surface area (Å²) in [5.74, 6) is -0.560. The molecule has 0 aliphatic carbocycles. The van der Waals surface area contributed by atoms with E-state index < -0.39 is 5.82 Å². The summed E-state index contributed by atoms with van der Waals surface area (Å²) < 4.78 is 12.7. The van der Waals surface area contributed by atoms with Crippen molar-refractivity contribution in [3.63, 3.8) is 0 Å². The maximum Gasteiger partial charge on any atom is 0.143 e. The fraction of sp³-hybridized carbons (Fsp3) is 0.125. The van der Waals surface area contributed by atoms with E-state index in [1.54, 1.807) is 13.0 Å². The smallest absolute Gasteiger partial charge is 0.143 e. The van der Waals surface area contributed by atoms with Crippen molar-refractivity contribution in [2.45, 2.75) is 6.92 Å². The average Bonchev–Trinajstić information content (AvgIpc) is 1.97. The summed E-state index contributed by atoms with van der Waals surface area (Å²) in [5.41, 5.74) is 6.53. The predicted molar refractivity (Wildman–Crippen MR) is 40.3 cm³/mol. The van der Waals surface area contributed by atoms with E-state index in [1.165, 1.54) is 6.07 Å². The maximum atomic E-state index is 12.7. The zero-order valence-corrected chi connectivity index (χ0v) is 6.06. The van der Waals surface area contributed by atoms with E-state index in [0.717, 1.165) is 11.6 Å². The SMILES string of the molecule is Cc1cc(C#N)c(F)cc1N. The van der Waals surface area contributed by atoms with E-state index in [4.69, 9.17) is 11.0 Å². The number of hydrogen-bond donors (Lipinski definition) is 1. The summed E-state index contributed by atoms with van der Waals surface area (Å²) in [6.07, 6.45) is 0. The van der Waals surface area contributed by atoms with E-state index in [0.29, 0.717) is 5.69 Å². The number of nitrogens with two attached hydrogens (primary N) is 1. The van der Waals surface area contributed by atoms with Gasteiger partial charge in [-0.1, -0.05) is 0 Å². The van der Waals surface area contributed by atoms with Gasteiger partial charge in [-0.05, 0) is 24.6 Å². The number of halogens is 1. The van der Waals surface area contributed by atoms with Gasteiger partial charge in [0.25, 0.3) is 0 Å². The molecule has 0 aliphatic rings. The van der Waals surface area contributed by atoms with Crippen LogP contribution < -0.4 is 5.73 Å². The fourth-order valence-corrected chi connectivity index (χ4v) is 0.783. The third kappa shape index (κ3) is 1.30. The normalized spacial score (nSPS) is 9.18. The van der Waals surface area contributed by atoms with Crippen LogP contribution in [0.3, 0.4) is 0 Å². The van der Waals surface area contributed by atoms with Gasteiger partial charge in [-0.25, -0.2) is 4.39 Å². The molecule has 0 amide bonds. The molecule has 1 aromatic carbocycles. The predicted octanol–water partition coefficient (Wildman–Crippen LogP) is 1.59. The molecule has 1 aromatic rings. The number of hydrogen-bond acceptors (Lipinski definition) is 2. The first-order valence-corrected chi connectivity index (χ1v) is 3.11. The molecule has 0 aromatic heterocycles. The van der Waals surface area contributed by atoms with Gasteiger partial charge in [-0.2, -0.15) is 5.26 Å². The molecule has 2 nitrogen and oxygen atoms in total. The zero-order chi connectivity index (χ0) is 8.43. The first kappa shape index (κ1) is 7.55. The number of benzene rings is 1. The number of nitriles is 1. The van der Waals surface area contributed by atoms with Crippen molar-refractivity contribution in [3.8, 4) is 6.07 Å². The molecule has 3 heteroatoms. The van der Waals surface area contributed by atoms with Crippen LogP contribution >= 0.6 is 0 Å². The van der Waals surface area contributed by atoms with E-state index in [1.807, 2.05) is 0 Å². The minimum Gasteiger partial charge on any atom is -0.398 e. The van der Waals surface area contributed by atoms with Gasteiger partial charge in [0.15, 0.2) is 0 Å². The first-order chi connectivity index (χ1) is 5.15. The van der Waals surface area contributed by atoms with Gasteiger partial charge in [0.1, 0.15) is 11.9 Å². The lowest BCUT2D eigenvalue weighted by molar-refractivity contribution is 0.624. The van der Waals surface area contributed by atoms with Gasteiger partial charge in [-0.3, -0.25) is 0 Å². The van der Waals surface area contributed by atoms with Crippen LogP contribution in [0.15, 0.2) is 12.1 Å². The van der Waals surface area contributed by atoms with Crippen molar-refractivity contribution in [2.24, 2.45) is 0 Å². The summed E-state index contributed by atoms with van der Waals surface area (Å²) in [6, 6.07) is 4.33. The number of nitrogens with zero attached hydrogens (tertiary/aromatic N) is 1. The molecule has 11 heavy (non-hydrogen) atoms. The Balaban J connectivity index is 3.35. The molecule has 56 valence electrons. The summed E-state index contributed by atoms with van der Waals surface area (Å²) >= 11 is 0. The van der Waals surface area contributed by atoms with Crippen molar-refractivity contribution in [3.05, 3.63) is 29.1 Å². The minimum absolute atomic E-state index is 0.0386. The molecular weight excluding hydrogens is 143 g/mol. The number of aryl methyl sites for hydroxylation is 1. The van der Waals surface area contributed by atoms with Crippen LogP contribution in [0, 0.1) is 24.1 Å². The van der Waals surface area contributed by atoms with Crippen LogP contribution in [-0.4, -0.2) is 0 Å². The Bertz CT molecular complexity index is 326. The van der Waals surface area contributed by atoms with Crippen molar-refractivity contribution in [2.75, 3.05) is 5.73 Å². The van der Waals surface area contributed by atoms with Gasteiger partial charge in [0, 0.05) is 5.69 Å². The van der Waals surface area contributed by atoms with Gasteiger partial charge >= 0.3 is 0 Å². The second-order valence-electron chi connectivity index (χ2n) is 2.30. The number of rotatable bonds is 0. The molecule has 0 heterocycles. The highest BCUT2D eigenvalue weighted by molar-refractivity contribution is 5.51. The average molecular weight is 150 g/mol. The van der Waals surface area contributed by atoms with E-state index in [2.05, 4.69) is 0 Å². The van der Waals surface area contributed by atoms with Crippen molar-refractivity contribution < 1.29 is 4.39 Å². The Labute approximate surface area is 64.1 Å². The third-order valence-corrected chi connectivity index (χ3v) is 1.48. The molecule has 0 saturated carbocycles. The fourth-order valence-electron chi connectivity index (χ4n) is 0.783. The Hall–Kier alpha value is -1.56. The third-order valence-electron chi connectivity index (χ3n) is 1.48. The van der Waals surface area contributed by atoms with Gasteiger partial charge in [-0.15, -0.1) is 0 Å². The van der Waals surface area contributed by atoms with E-state index in [-0.39, 0.29) is 5.56 Å². The lowest BCUT2D eigenvalue weighted by atomic mass is 10.1. The van der Waals surface area contributed by atoms with Crippen molar-refractivity contribution in [1.29, 1.82) is 5.26 Å². The van der Waals surface area contributed by atoms with Crippen molar-refractivity contribution in [1.82, 2.24) is 0 Å².